The van der Waals surface area contributed by atoms with Crippen molar-refractivity contribution in [3.05, 3.63) is 64.6 Å². The van der Waals surface area contributed by atoms with Gasteiger partial charge in [-0.2, -0.15) is 13.2 Å². The minimum Gasteiger partial charge on any atom is -0.360 e. The van der Waals surface area contributed by atoms with Crippen LogP contribution >= 0.6 is 11.6 Å². The number of rotatable bonds is 4. The molecule has 0 radical (unpaired) electrons. The monoisotopic (exact) mass is 396 g/mol. The number of amides is 1. The third-order valence-electron chi connectivity index (χ3n) is 3.42. The van der Waals surface area contributed by atoms with Gasteiger partial charge in [0.15, 0.2) is 5.82 Å². The van der Waals surface area contributed by atoms with Crippen LogP contribution in [0.2, 0.25) is 5.02 Å². The second-order valence-corrected chi connectivity index (χ2v) is 5.93. The smallest absolute Gasteiger partial charge is 0.360 e. The summed E-state index contributed by atoms with van der Waals surface area (Å²) in [5.41, 5.74) is -0.574. The second kappa shape index (κ2) is 7.28. The van der Waals surface area contributed by atoms with Crippen LogP contribution in [0.25, 0.3) is 0 Å². The van der Waals surface area contributed by atoms with Crippen LogP contribution in [0.5, 0.6) is 0 Å². The summed E-state index contributed by atoms with van der Waals surface area (Å²) in [7, 11) is 0. The maximum Gasteiger partial charge on any atom is 0.417 e. The molecule has 0 aliphatic rings. The van der Waals surface area contributed by atoms with E-state index >= 15 is 0 Å². The molecule has 10 heteroatoms. The highest BCUT2D eigenvalue weighted by atomic mass is 35.5. The highest BCUT2D eigenvalue weighted by molar-refractivity contribution is 6.31. The quantitative estimate of drug-likeness (QED) is 0.645. The van der Waals surface area contributed by atoms with E-state index < -0.39 is 22.7 Å². The number of halogens is 4. The number of hydrogen-bond donors (Lipinski definition) is 2. The molecule has 27 heavy (non-hydrogen) atoms. The number of benzene rings is 1. The summed E-state index contributed by atoms with van der Waals surface area (Å²) in [5.74, 6) is 0.371. The molecule has 1 aromatic carbocycles. The van der Waals surface area contributed by atoms with Crippen LogP contribution in [-0.2, 0) is 6.18 Å². The maximum atomic E-state index is 12.9. The van der Waals surface area contributed by atoms with Gasteiger partial charge in [-0.25, -0.2) is 0 Å². The molecule has 2 N–H and O–H groups in total. The van der Waals surface area contributed by atoms with E-state index in [4.69, 9.17) is 16.1 Å². The number of carbonyl (C=O) groups is 1. The highest BCUT2D eigenvalue weighted by Crippen LogP contribution is 2.36. The Kier molecular flexibility index (Phi) is 5.04. The van der Waals surface area contributed by atoms with Crippen LogP contribution in [0.3, 0.4) is 0 Å². The Bertz CT molecular complexity index is 988. The van der Waals surface area contributed by atoms with Gasteiger partial charge in [0.05, 0.1) is 10.6 Å². The molecule has 0 unspecified atom stereocenters. The van der Waals surface area contributed by atoms with Crippen molar-refractivity contribution >= 4 is 34.7 Å². The number of alkyl halides is 3. The Morgan fingerprint density at radius 1 is 1.15 bits per heavy atom. The molecule has 3 rings (SSSR count). The summed E-state index contributed by atoms with van der Waals surface area (Å²) in [5, 5.41) is 8.62. The Morgan fingerprint density at radius 3 is 2.59 bits per heavy atom. The van der Waals surface area contributed by atoms with Crippen molar-refractivity contribution in [2.24, 2.45) is 0 Å². The SMILES string of the molecule is Cc1cc(Nc2ccnc(C(=O)Nc3ccc(Cl)c(C(F)(F)F)c3)c2)no1. The first-order chi connectivity index (χ1) is 12.7. The zero-order valence-electron chi connectivity index (χ0n) is 13.8. The zero-order chi connectivity index (χ0) is 19.6. The minimum absolute atomic E-state index is 0.00345. The van der Waals surface area contributed by atoms with Crippen LogP contribution < -0.4 is 10.6 Å². The molecule has 0 atom stereocenters. The average Bonchev–Trinajstić information content (AvgIpc) is 3.00. The fourth-order valence-electron chi connectivity index (χ4n) is 2.22. The number of pyridine rings is 1. The molecule has 2 heterocycles. The van der Waals surface area contributed by atoms with E-state index in [2.05, 4.69) is 20.8 Å². The molecule has 0 saturated carbocycles. The molecule has 0 saturated heterocycles. The summed E-state index contributed by atoms with van der Waals surface area (Å²) in [6.07, 6.45) is -3.25. The van der Waals surface area contributed by atoms with Gasteiger partial charge in [-0.05, 0) is 37.3 Å². The van der Waals surface area contributed by atoms with Gasteiger partial charge in [-0.1, -0.05) is 16.8 Å². The lowest BCUT2D eigenvalue weighted by Gasteiger charge is -2.12. The lowest BCUT2D eigenvalue weighted by molar-refractivity contribution is -0.137. The van der Waals surface area contributed by atoms with Crippen molar-refractivity contribution < 1.29 is 22.5 Å². The van der Waals surface area contributed by atoms with Crippen molar-refractivity contribution in [2.75, 3.05) is 10.6 Å². The number of carbonyl (C=O) groups excluding carboxylic acids is 1. The number of nitrogens with zero attached hydrogens (tertiary/aromatic N) is 2. The standard InChI is InChI=1S/C17H12ClF3N4O2/c1-9-6-15(25-27-9)23-11-4-5-22-14(8-11)16(26)24-10-2-3-13(18)12(7-10)17(19,20)21/h2-8H,1H3,(H,24,26)(H,22,23,25). The topological polar surface area (TPSA) is 80.0 Å². The maximum absolute atomic E-state index is 12.9. The molecular formula is C17H12ClF3N4O2. The molecule has 6 nitrogen and oxygen atoms in total. The Balaban J connectivity index is 1.78. The minimum atomic E-state index is -4.63. The second-order valence-electron chi connectivity index (χ2n) is 5.52. The summed E-state index contributed by atoms with van der Waals surface area (Å²) in [4.78, 5) is 16.2. The number of hydrogen-bond acceptors (Lipinski definition) is 5. The summed E-state index contributed by atoms with van der Waals surface area (Å²) in [6.45, 7) is 1.73. The van der Waals surface area contributed by atoms with Crippen molar-refractivity contribution in [3.63, 3.8) is 0 Å². The summed E-state index contributed by atoms with van der Waals surface area (Å²) in [6, 6.07) is 7.80. The molecule has 0 bridgehead atoms. The van der Waals surface area contributed by atoms with E-state index in [1.54, 1.807) is 19.1 Å². The van der Waals surface area contributed by atoms with Gasteiger partial charge < -0.3 is 15.2 Å². The van der Waals surface area contributed by atoms with E-state index in [9.17, 15) is 18.0 Å². The third kappa shape index (κ3) is 4.56. The summed E-state index contributed by atoms with van der Waals surface area (Å²) < 4.78 is 43.7. The van der Waals surface area contributed by atoms with E-state index in [-0.39, 0.29) is 11.4 Å². The molecule has 1 amide bonds. The predicted octanol–water partition coefficient (Wildman–Crippen LogP) is 5.05. The molecule has 2 aromatic heterocycles. The number of aryl methyl sites for hydroxylation is 1. The molecule has 3 aromatic rings. The number of anilines is 3. The van der Waals surface area contributed by atoms with Crippen molar-refractivity contribution in [1.82, 2.24) is 10.1 Å². The van der Waals surface area contributed by atoms with Crippen molar-refractivity contribution in [1.29, 1.82) is 0 Å². The molecule has 0 aliphatic heterocycles. The number of aromatic nitrogens is 2. The molecule has 0 aliphatic carbocycles. The van der Waals surface area contributed by atoms with Crippen molar-refractivity contribution in [2.45, 2.75) is 13.1 Å². The van der Waals surface area contributed by atoms with E-state index in [0.717, 1.165) is 12.1 Å². The van der Waals surface area contributed by atoms with Crippen LogP contribution in [0.15, 0.2) is 47.1 Å². The van der Waals surface area contributed by atoms with E-state index in [1.807, 2.05) is 0 Å². The average molecular weight is 397 g/mol. The fraction of sp³-hybridized carbons (Fsp3) is 0.118. The Morgan fingerprint density at radius 2 is 1.93 bits per heavy atom. The normalized spacial score (nSPS) is 11.3. The molecule has 140 valence electrons. The largest absolute Gasteiger partial charge is 0.417 e. The van der Waals surface area contributed by atoms with Gasteiger partial charge in [-0.3, -0.25) is 9.78 Å². The van der Waals surface area contributed by atoms with Crippen LogP contribution in [0, 0.1) is 6.92 Å². The molecule has 0 spiro atoms. The fourth-order valence-corrected chi connectivity index (χ4v) is 2.45. The van der Waals surface area contributed by atoms with Gasteiger partial charge in [0.25, 0.3) is 5.91 Å². The molecular weight excluding hydrogens is 385 g/mol. The van der Waals surface area contributed by atoms with Gasteiger partial charge >= 0.3 is 6.18 Å². The van der Waals surface area contributed by atoms with Gasteiger partial charge in [0.1, 0.15) is 11.5 Å². The first kappa shape index (κ1) is 18.7. The lowest BCUT2D eigenvalue weighted by atomic mass is 10.2. The van der Waals surface area contributed by atoms with Crippen LogP contribution in [-0.4, -0.2) is 16.0 Å². The van der Waals surface area contributed by atoms with Crippen LogP contribution in [0.1, 0.15) is 21.8 Å². The highest BCUT2D eigenvalue weighted by Gasteiger charge is 2.33. The zero-order valence-corrected chi connectivity index (χ0v) is 14.5. The van der Waals surface area contributed by atoms with Gasteiger partial charge in [0.2, 0.25) is 0 Å². The van der Waals surface area contributed by atoms with Crippen LogP contribution in [0.4, 0.5) is 30.4 Å². The van der Waals surface area contributed by atoms with E-state index in [1.165, 1.54) is 18.3 Å². The summed E-state index contributed by atoms with van der Waals surface area (Å²) >= 11 is 5.57. The Labute approximate surface area is 156 Å². The first-order valence-corrected chi connectivity index (χ1v) is 7.94. The van der Waals surface area contributed by atoms with Gasteiger partial charge in [0, 0.05) is 23.6 Å². The molecule has 0 fully saturated rings. The van der Waals surface area contributed by atoms with Gasteiger partial charge in [-0.15, -0.1) is 0 Å². The van der Waals surface area contributed by atoms with Crippen molar-refractivity contribution in [3.8, 4) is 0 Å². The predicted molar refractivity (Wildman–Crippen MR) is 93.2 cm³/mol. The number of nitrogens with one attached hydrogen (secondary N) is 2. The lowest BCUT2D eigenvalue weighted by Crippen LogP contribution is -2.15. The first-order valence-electron chi connectivity index (χ1n) is 7.57. The van der Waals surface area contributed by atoms with E-state index in [0.29, 0.717) is 17.3 Å². The third-order valence-corrected chi connectivity index (χ3v) is 3.75. The Hall–Kier alpha value is -3.07.